The predicted octanol–water partition coefficient (Wildman–Crippen LogP) is 5.28. The fourth-order valence-corrected chi connectivity index (χ4v) is 4.62. The highest BCUT2D eigenvalue weighted by molar-refractivity contribution is 7.86. The Labute approximate surface area is 209 Å². The van der Waals surface area contributed by atoms with E-state index >= 15 is 0 Å². The maximum Gasteiger partial charge on any atom is 0.296 e. The molecule has 0 aliphatic heterocycles. The van der Waals surface area contributed by atoms with Gasteiger partial charge < -0.3 is 15.3 Å². The van der Waals surface area contributed by atoms with Crippen LogP contribution in [0.15, 0.2) is 97.0 Å². The second kappa shape index (κ2) is 9.55. The molecule has 4 aromatic carbocycles. The summed E-state index contributed by atoms with van der Waals surface area (Å²) in [6, 6.07) is 14.9. The summed E-state index contributed by atoms with van der Waals surface area (Å²) in [4.78, 5) is -1.96. The molecule has 0 atom stereocenters. The Morgan fingerprint density at radius 3 is 1.59 bits per heavy atom. The number of hydrogen-bond donors (Lipinski definition) is 5. The first-order chi connectivity index (χ1) is 17.4. The molecular formula is C22H16N4O9S2. The van der Waals surface area contributed by atoms with E-state index in [0.717, 1.165) is 6.07 Å². The zero-order valence-electron chi connectivity index (χ0n) is 18.3. The molecular weight excluding hydrogens is 528 g/mol. The smallest absolute Gasteiger partial charge is 0.296 e. The van der Waals surface area contributed by atoms with E-state index < -0.39 is 63.7 Å². The highest BCUT2D eigenvalue weighted by Crippen LogP contribution is 2.50. The van der Waals surface area contributed by atoms with Gasteiger partial charge in [0.1, 0.15) is 32.6 Å². The minimum atomic E-state index is -5.09. The average molecular weight is 545 g/mol. The first-order valence-corrected chi connectivity index (χ1v) is 12.9. The number of benzene rings is 4. The first kappa shape index (κ1) is 25.6. The zero-order valence-corrected chi connectivity index (χ0v) is 20.0. The number of para-hydroxylation sites is 1. The van der Waals surface area contributed by atoms with Gasteiger partial charge in [-0.1, -0.05) is 30.3 Å². The molecule has 0 saturated heterocycles. The summed E-state index contributed by atoms with van der Waals surface area (Å²) < 4.78 is 67.6. The number of aromatic hydroxyl groups is 3. The molecule has 0 amide bonds. The van der Waals surface area contributed by atoms with Crippen molar-refractivity contribution in [3.05, 3.63) is 66.7 Å². The van der Waals surface area contributed by atoms with Crippen LogP contribution in [0, 0.1) is 0 Å². The lowest BCUT2D eigenvalue weighted by molar-refractivity contribution is 0.458. The second-order valence-electron chi connectivity index (χ2n) is 7.42. The van der Waals surface area contributed by atoms with Gasteiger partial charge in [-0.05, 0) is 41.8 Å². The Morgan fingerprint density at radius 1 is 0.595 bits per heavy atom. The summed E-state index contributed by atoms with van der Waals surface area (Å²) in [5, 5.41) is 45.5. The lowest BCUT2D eigenvalue weighted by atomic mass is 10.1. The number of azo groups is 2. The van der Waals surface area contributed by atoms with E-state index in [1.165, 1.54) is 36.4 Å². The molecule has 0 aromatic heterocycles. The normalized spacial score (nSPS) is 12.6. The summed E-state index contributed by atoms with van der Waals surface area (Å²) >= 11 is 0. The molecule has 0 spiro atoms. The molecule has 5 N–H and O–H groups in total. The van der Waals surface area contributed by atoms with E-state index in [1.54, 1.807) is 18.2 Å². The van der Waals surface area contributed by atoms with Crippen LogP contribution in [0.25, 0.3) is 10.8 Å². The summed E-state index contributed by atoms with van der Waals surface area (Å²) in [5.41, 5.74) is -1.46. The second-order valence-corrected chi connectivity index (χ2v) is 10.2. The van der Waals surface area contributed by atoms with Crippen molar-refractivity contribution in [3.8, 4) is 17.2 Å². The Morgan fingerprint density at radius 2 is 1.08 bits per heavy atom. The van der Waals surface area contributed by atoms with Crippen molar-refractivity contribution < 1.29 is 41.3 Å². The van der Waals surface area contributed by atoms with E-state index in [1.807, 2.05) is 0 Å². The molecule has 37 heavy (non-hydrogen) atoms. The largest absolute Gasteiger partial charge is 0.506 e. The van der Waals surface area contributed by atoms with Crippen molar-refractivity contribution in [2.45, 2.75) is 9.79 Å². The molecule has 15 heteroatoms. The van der Waals surface area contributed by atoms with Gasteiger partial charge in [-0.2, -0.15) is 21.9 Å². The Kier molecular flexibility index (Phi) is 6.62. The Bertz CT molecular complexity index is 1810. The summed E-state index contributed by atoms with van der Waals surface area (Å²) in [5.74, 6) is -2.35. The molecule has 0 aliphatic carbocycles. The molecule has 13 nitrogen and oxygen atoms in total. The van der Waals surface area contributed by atoms with Crippen molar-refractivity contribution in [3.63, 3.8) is 0 Å². The van der Waals surface area contributed by atoms with Gasteiger partial charge in [-0.3, -0.25) is 9.11 Å². The minimum absolute atomic E-state index is 0.119. The van der Waals surface area contributed by atoms with Crippen molar-refractivity contribution in [1.82, 2.24) is 0 Å². The standard InChI is InChI=1S/C22H16N4O9S2/c27-15-9-5-4-8-14(15)24-26-20-17(37(33,34)35)11-12-10-16(36(30,31)32)19(21(28)18(12)22(20)29)25-23-13-6-2-1-3-7-13/h1-11,27-29H,(H,30,31,32)(H,33,34,35). The summed E-state index contributed by atoms with van der Waals surface area (Å²) in [7, 11) is -10.1. The average Bonchev–Trinajstić information content (AvgIpc) is 2.82. The number of hydrogen-bond acceptors (Lipinski definition) is 11. The molecule has 0 fully saturated rings. The third kappa shape index (κ3) is 5.24. The predicted molar refractivity (Wildman–Crippen MR) is 130 cm³/mol. The molecule has 0 aliphatic rings. The molecule has 0 bridgehead atoms. The van der Waals surface area contributed by atoms with Gasteiger partial charge in [0.15, 0.2) is 11.5 Å². The summed E-state index contributed by atoms with van der Waals surface area (Å²) in [6.45, 7) is 0. The van der Waals surface area contributed by atoms with Crippen LogP contribution in [0.5, 0.6) is 17.2 Å². The molecule has 0 radical (unpaired) electrons. The number of phenolic OH excluding ortho intramolecular Hbond substituents is 3. The van der Waals surface area contributed by atoms with Gasteiger partial charge in [0.25, 0.3) is 20.2 Å². The van der Waals surface area contributed by atoms with Crippen LogP contribution in [0.4, 0.5) is 22.7 Å². The van der Waals surface area contributed by atoms with Gasteiger partial charge in [-0.25, -0.2) is 0 Å². The zero-order chi connectivity index (χ0) is 27.0. The highest BCUT2D eigenvalue weighted by atomic mass is 32.2. The van der Waals surface area contributed by atoms with Gasteiger partial charge >= 0.3 is 0 Å². The molecule has 4 rings (SSSR count). The lowest BCUT2D eigenvalue weighted by Gasteiger charge is -2.13. The SMILES string of the molecule is O=S(=O)(O)c1cc2cc(S(=O)(=O)O)c(N=Nc3ccccc3O)c(O)c2c(O)c1N=Nc1ccccc1. The number of nitrogens with zero attached hydrogens (tertiary/aromatic N) is 4. The van der Waals surface area contributed by atoms with Crippen LogP contribution < -0.4 is 0 Å². The number of fused-ring (bicyclic) bond motifs is 1. The molecule has 0 unspecified atom stereocenters. The van der Waals surface area contributed by atoms with Crippen LogP contribution >= 0.6 is 0 Å². The molecule has 190 valence electrons. The van der Waals surface area contributed by atoms with Crippen molar-refractivity contribution in [1.29, 1.82) is 0 Å². The monoisotopic (exact) mass is 544 g/mol. The van der Waals surface area contributed by atoms with E-state index in [9.17, 15) is 41.3 Å². The fraction of sp³-hybridized carbons (Fsp3) is 0. The van der Waals surface area contributed by atoms with Crippen LogP contribution in [-0.2, 0) is 20.2 Å². The molecule has 0 heterocycles. The summed E-state index contributed by atoms with van der Waals surface area (Å²) in [6.07, 6.45) is 0. The Balaban J connectivity index is 2.05. The van der Waals surface area contributed by atoms with Crippen LogP contribution in [0.2, 0.25) is 0 Å². The topological polar surface area (TPSA) is 219 Å². The number of phenols is 3. The van der Waals surface area contributed by atoms with Crippen LogP contribution in [0.1, 0.15) is 0 Å². The minimum Gasteiger partial charge on any atom is -0.506 e. The van der Waals surface area contributed by atoms with E-state index in [4.69, 9.17) is 0 Å². The van der Waals surface area contributed by atoms with Crippen molar-refractivity contribution >= 4 is 53.8 Å². The van der Waals surface area contributed by atoms with Crippen LogP contribution in [0.3, 0.4) is 0 Å². The maximum absolute atomic E-state index is 12.1. The maximum atomic E-state index is 12.1. The van der Waals surface area contributed by atoms with E-state index in [0.29, 0.717) is 6.07 Å². The van der Waals surface area contributed by atoms with Gasteiger partial charge in [0, 0.05) is 0 Å². The van der Waals surface area contributed by atoms with Gasteiger partial charge in [0.2, 0.25) is 0 Å². The van der Waals surface area contributed by atoms with Gasteiger partial charge in [-0.15, -0.1) is 15.3 Å². The fourth-order valence-electron chi connectivity index (χ4n) is 3.30. The van der Waals surface area contributed by atoms with E-state index in [-0.39, 0.29) is 17.1 Å². The van der Waals surface area contributed by atoms with Crippen molar-refractivity contribution in [2.75, 3.05) is 0 Å². The molecule has 0 saturated carbocycles. The van der Waals surface area contributed by atoms with Crippen molar-refractivity contribution in [2.24, 2.45) is 20.5 Å². The van der Waals surface area contributed by atoms with Crippen LogP contribution in [-0.4, -0.2) is 41.3 Å². The van der Waals surface area contributed by atoms with E-state index in [2.05, 4.69) is 20.5 Å². The highest BCUT2D eigenvalue weighted by Gasteiger charge is 2.28. The first-order valence-electron chi connectivity index (χ1n) is 10.0. The number of rotatable bonds is 6. The Hall–Kier alpha value is -4.44. The quantitative estimate of drug-likeness (QED) is 0.157. The third-order valence-corrected chi connectivity index (χ3v) is 6.70. The lowest BCUT2D eigenvalue weighted by Crippen LogP contribution is -2.01. The molecule has 4 aromatic rings. The van der Waals surface area contributed by atoms with Gasteiger partial charge in [0.05, 0.1) is 11.1 Å². The third-order valence-electron chi connectivity index (χ3n) is 4.97.